The van der Waals surface area contributed by atoms with Crippen LogP contribution in [0.5, 0.6) is 0 Å². The van der Waals surface area contributed by atoms with Crippen molar-refractivity contribution in [1.82, 2.24) is 14.9 Å². The summed E-state index contributed by atoms with van der Waals surface area (Å²) in [6, 6.07) is 29.0. The van der Waals surface area contributed by atoms with Crippen LogP contribution in [0.15, 0.2) is 97.3 Å². The average molecular weight is 411 g/mol. The lowest BCUT2D eigenvalue weighted by atomic mass is 10.0. The standard InChI is InChI=1S/C25H22N4S/c1-18-10-5-6-14-21(18)28-17-9-15-22(28)24-23(20-13-7-8-16-26-20)27-25(30)29(24)19-11-3-2-4-12-19/h2-17,23-24H,1H3,(H,27,30)/t23-,24+/m0/s1. The molecule has 5 heteroatoms. The molecule has 3 heterocycles. The molecule has 2 aromatic heterocycles. The van der Waals surface area contributed by atoms with Gasteiger partial charge in [-0.2, -0.15) is 0 Å². The third-order valence-electron chi connectivity index (χ3n) is 5.59. The third-order valence-corrected chi connectivity index (χ3v) is 5.91. The summed E-state index contributed by atoms with van der Waals surface area (Å²) in [7, 11) is 0. The van der Waals surface area contributed by atoms with E-state index in [9.17, 15) is 0 Å². The summed E-state index contributed by atoms with van der Waals surface area (Å²) in [6.45, 7) is 2.14. The van der Waals surface area contributed by atoms with E-state index < -0.39 is 0 Å². The number of aromatic nitrogens is 2. The van der Waals surface area contributed by atoms with E-state index in [1.165, 1.54) is 11.3 Å². The minimum Gasteiger partial charge on any atom is -0.351 e. The van der Waals surface area contributed by atoms with Gasteiger partial charge in [-0.05, 0) is 67.2 Å². The van der Waals surface area contributed by atoms with Crippen molar-refractivity contribution in [2.75, 3.05) is 4.90 Å². The maximum absolute atomic E-state index is 5.81. The van der Waals surface area contributed by atoms with Crippen molar-refractivity contribution in [2.24, 2.45) is 0 Å². The van der Waals surface area contributed by atoms with Crippen LogP contribution in [-0.4, -0.2) is 14.7 Å². The monoisotopic (exact) mass is 410 g/mol. The predicted octanol–water partition coefficient (Wildman–Crippen LogP) is 5.36. The molecule has 1 N–H and O–H groups in total. The van der Waals surface area contributed by atoms with Crippen LogP contribution >= 0.6 is 12.2 Å². The number of hydrogen-bond donors (Lipinski definition) is 1. The summed E-state index contributed by atoms with van der Waals surface area (Å²) < 4.78 is 2.27. The maximum atomic E-state index is 5.81. The van der Waals surface area contributed by atoms with Gasteiger partial charge in [-0.3, -0.25) is 4.98 Å². The zero-order valence-corrected chi connectivity index (χ0v) is 17.5. The second-order valence-electron chi connectivity index (χ2n) is 7.42. The van der Waals surface area contributed by atoms with Gasteiger partial charge in [-0.15, -0.1) is 0 Å². The molecule has 30 heavy (non-hydrogen) atoms. The molecular formula is C25H22N4S. The molecular weight excluding hydrogens is 388 g/mol. The van der Waals surface area contributed by atoms with Crippen LogP contribution in [0.4, 0.5) is 5.69 Å². The Balaban J connectivity index is 1.69. The number of benzene rings is 2. The maximum Gasteiger partial charge on any atom is 0.174 e. The van der Waals surface area contributed by atoms with Gasteiger partial charge in [0.05, 0.1) is 11.7 Å². The zero-order chi connectivity index (χ0) is 20.5. The van der Waals surface area contributed by atoms with Crippen molar-refractivity contribution in [3.05, 3.63) is 114 Å². The molecule has 1 aliphatic rings. The molecule has 2 atom stereocenters. The minimum absolute atomic E-state index is 0.0376. The van der Waals surface area contributed by atoms with Gasteiger partial charge in [0.1, 0.15) is 6.04 Å². The molecule has 0 amide bonds. The number of pyridine rings is 1. The van der Waals surface area contributed by atoms with Crippen molar-refractivity contribution >= 4 is 23.0 Å². The number of para-hydroxylation sites is 2. The summed E-state index contributed by atoms with van der Waals surface area (Å²) in [5, 5.41) is 4.24. The number of nitrogens with one attached hydrogen (secondary N) is 1. The summed E-state index contributed by atoms with van der Waals surface area (Å²) in [5.74, 6) is 0. The first-order chi connectivity index (χ1) is 14.7. The van der Waals surface area contributed by atoms with E-state index in [1.54, 1.807) is 0 Å². The molecule has 0 saturated carbocycles. The Morgan fingerprint density at radius 2 is 1.63 bits per heavy atom. The molecule has 5 rings (SSSR count). The Kier molecular flexibility index (Phi) is 4.81. The quantitative estimate of drug-likeness (QED) is 0.459. The van der Waals surface area contributed by atoms with Crippen LogP contribution in [0.1, 0.15) is 29.0 Å². The molecule has 0 aliphatic carbocycles. The summed E-state index contributed by atoms with van der Waals surface area (Å²) >= 11 is 5.81. The summed E-state index contributed by atoms with van der Waals surface area (Å²) in [6.07, 6.45) is 3.96. The fourth-order valence-electron chi connectivity index (χ4n) is 4.21. The summed E-state index contributed by atoms with van der Waals surface area (Å²) in [4.78, 5) is 6.85. The van der Waals surface area contributed by atoms with Gasteiger partial charge in [0, 0.05) is 29.5 Å². The molecule has 1 fully saturated rings. The molecule has 0 radical (unpaired) electrons. The van der Waals surface area contributed by atoms with Gasteiger partial charge in [-0.1, -0.05) is 42.5 Å². The lowest BCUT2D eigenvalue weighted by Crippen LogP contribution is -2.30. The summed E-state index contributed by atoms with van der Waals surface area (Å²) in [5.41, 5.74) is 5.60. The Hall–Kier alpha value is -3.44. The number of nitrogens with zero attached hydrogens (tertiary/aromatic N) is 3. The highest BCUT2D eigenvalue weighted by Gasteiger charge is 2.42. The van der Waals surface area contributed by atoms with E-state index in [0.29, 0.717) is 5.11 Å². The van der Waals surface area contributed by atoms with E-state index in [2.05, 4.69) is 87.5 Å². The topological polar surface area (TPSA) is 33.1 Å². The highest BCUT2D eigenvalue weighted by Crippen LogP contribution is 2.42. The van der Waals surface area contributed by atoms with Crippen LogP contribution in [-0.2, 0) is 0 Å². The number of rotatable bonds is 4. The van der Waals surface area contributed by atoms with Crippen LogP contribution in [0.25, 0.3) is 5.69 Å². The SMILES string of the molecule is Cc1ccccc1-n1cccc1[C@@H]1[C@H](c2ccccn2)NC(=S)N1c1ccccc1. The highest BCUT2D eigenvalue weighted by molar-refractivity contribution is 7.80. The largest absolute Gasteiger partial charge is 0.351 e. The number of hydrogen-bond acceptors (Lipinski definition) is 2. The van der Waals surface area contributed by atoms with Crippen LogP contribution in [0.3, 0.4) is 0 Å². The normalized spacial score (nSPS) is 18.4. The van der Waals surface area contributed by atoms with Gasteiger partial charge in [-0.25, -0.2) is 0 Å². The van der Waals surface area contributed by atoms with E-state index in [4.69, 9.17) is 12.2 Å². The van der Waals surface area contributed by atoms with Gasteiger partial charge in [0.15, 0.2) is 5.11 Å². The Morgan fingerprint density at radius 1 is 0.867 bits per heavy atom. The van der Waals surface area contributed by atoms with Gasteiger partial charge in [0.2, 0.25) is 0 Å². The first-order valence-electron chi connectivity index (χ1n) is 10.0. The predicted molar refractivity (Wildman–Crippen MR) is 125 cm³/mol. The molecule has 0 spiro atoms. The van der Waals surface area contributed by atoms with Crippen molar-refractivity contribution in [3.63, 3.8) is 0 Å². The molecule has 1 aliphatic heterocycles. The highest BCUT2D eigenvalue weighted by atomic mass is 32.1. The van der Waals surface area contributed by atoms with E-state index >= 15 is 0 Å². The minimum atomic E-state index is -0.0587. The number of anilines is 1. The Bertz CT molecular complexity index is 1170. The van der Waals surface area contributed by atoms with Crippen LogP contribution in [0.2, 0.25) is 0 Å². The molecule has 1 saturated heterocycles. The van der Waals surface area contributed by atoms with Crippen molar-refractivity contribution in [3.8, 4) is 5.69 Å². The fourth-order valence-corrected chi connectivity index (χ4v) is 4.56. The number of aryl methyl sites for hydroxylation is 1. The van der Waals surface area contributed by atoms with E-state index in [1.807, 2.05) is 36.5 Å². The second kappa shape index (κ2) is 7.76. The van der Waals surface area contributed by atoms with Gasteiger partial charge in [0.25, 0.3) is 0 Å². The molecule has 4 nitrogen and oxygen atoms in total. The molecule has 2 aromatic carbocycles. The molecule has 0 bridgehead atoms. The van der Waals surface area contributed by atoms with E-state index in [-0.39, 0.29) is 12.1 Å². The third kappa shape index (κ3) is 3.17. The van der Waals surface area contributed by atoms with Crippen LogP contribution in [0, 0.1) is 6.92 Å². The lowest BCUT2D eigenvalue weighted by molar-refractivity contribution is 0.549. The Morgan fingerprint density at radius 3 is 2.40 bits per heavy atom. The lowest BCUT2D eigenvalue weighted by Gasteiger charge is -2.29. The van der Waals surface area contributed by atoms with Crippen molar-refractivity contribution < 1.29 is 0 Å². The first kappa shape index (κ1) is 18.6. The second-order valence-corrected chi connectivity index (χ2v) is 7.81. The van der Waals surface area contributed by atoms with Crippen molar-refractivity contribution in [2.45, 2.75) is 19.0 Å². The fraction of sp³-hybridized carbons (Fsp3) is 0.120. The molecule has 148 valence electrons. The van der Waals surface area contributed by atoms with Crippen LogP contribution < -0.4 is 10.2 Å². The van der Waals surface area contributed by atoms with E-state index in [0.717, 1.165) is 17.1 Å². The number of thiocarbonyl (C=S) groups is 1. The van der Waals surface area contributed by atoms with Gasteiger partial charge < -0.3 is 14.8 Å². The Labute approximate surface area is 181 Å². The van der Waals surface area contributed by atoms with Gasteiger partial charge >= 0.3 is 0 Å². The molecule has 4 aromatic rings. The molecule has 0 unspecified atom stereocenters. The first-order valence-corrected chi connectivity index (χ1v) is 10.4. The average Bonchev–Trinajstić information content (AvgIpc) is 3.39. The zero-order valence-electron chi connectivity index (χ0n) is 16.6. The smallest absolute Gasteiger partial charge is 0.174 e. The van der Waals surface area contributed by atoms with Crippen molar-refractivity contribution in [1.29, 1.82) is 0 Å².